The zero-order chi connectivity index (χ0) is 13.8. The number of nitrogen functional groups attached to an aromatic ring is 1. The van der Waals surface area contributed by atoms with Gasteiger partial charge in [0.05, 0.1) is 19.8 Å². The van der Waals surface area contributed by atoms with Gasteiger partial charge in [0, 0.05) is 16.8 Å². The molecule has 0 aromatic heterocycles. The Morgan fingerprint density at radius 2 is 1.79 bits per heavy atom. The lowest BCUT2D eigenvalue weighted by atomic mass is 9.98. The molecule has 2 N–H and O–H groups in total. The molecule has 0 spiro atoms. The molecule has 19 heavy (non-hydrogen) atoms. The Balaban J connectivity index is 2.66. The number of anilines is 1. The normalized spacial score (nSPS) is 10.0. The summed E-state index contributed by atoms with van der Waals surface area (Å²) >= 11 is 0. The molecule has 98 valence electrons. The third-order valence-electron chi connectivity index (χ3n) is 2.85. The molecule has 0 atom stereocenters. The van der Waals surface area contributed by atoms with E-state index in [0.29, 0.717) is 22.6 Å². The molecular weight excluding hydrogens is 242 g/mol. The van der Waals surface area contributed by atoms with E-state index in [1.165, 1.54) is 7.11 Å². The molecule has 4 nitrogen and oxygen atoms in total. The van der Waals surface area contributed by atoms with E-state index in [1.54, 1.807) is 25.3 Å². The van der Waals surface area contributed by atoms with Crippen LogP contribution in [0.3, 0.4) is 0 Å². The number of esters is 1. The number of carbonyl (C=O) groups is 1. The van der Waals surface area contributed by atoms with Crippen LogP contribution in [0, 0.1) is 0 Å². The first-order valence-electron chi connectivity index (χ1n) is 5.78. The average Bonchev–Trinajstić information content (AvgIpc) is 2.46. The second kappa shape index (κ2) is 5.44. The third-order valence-corrected chi connectivity index (χ3v) is 2.85. The van der Waals surface area contributed by atoms with E-state index in [2.05, 4.69) is 0 Å². The molecule has 0 unspecified atom stereocenters. The first-order valence-corrected chi connectivity index (χ1v) is 5.78. The first kappa shape index (κ1) is 13.0. The van der Waals surface area contributed by atoms with Crippen LogP contribution in [0.1, 0.15) is 10.4 Å². The highest BCUT2D eigenvalue weighted by atomic mass is 16.5. The molecule has 4 heteroatoms. The van der Waals surface area contributed by atoms with Gasteiger partial charge in [-0.1, -0.05) is 18.2 Å². The van der Waals surface area contributed by atoms with Crippen molar-refractivity contribution in [3.05, 3.63) is 48.0 Å². The van der Waals surface area contributed by atoms with Gasteiger partial charge in [-0.25, -0.2) is 4.79 Å². The number of para-hydroxylation sites is 1. The highest BCUT2D eigenvalue weighted by Crippen LogP contribution is 2.33. The summed E-state index contributed by atoms with van der Waals surface area (Å²) in [4.78, 5) is 11.8. The largest absolute Gasteiger partial charge is 0.496 e. The van der Waals surface area contributed by atoms with Crippen molar-refractivity contribution in [3.63, 3.8) is 0 Å². The number of hydrogen-bond donors (Lipinski definition) is 1. The topological polar surface area (TPSA) is 61.5 Å². The summed E-state index contributed by atoms with van der Waals surface area (Å²) < 4.78 is 10.1. The lowest BCUT2D eigenvalue weighted by Gasteiger charge is -2.12. The lowest BCUT2D eigenvalue weighted by Crippen LogP contribution is -2.04. The van der Waals surface area contributed by atoms with Crippen molar-refractivity contribution in [2.45, 2.75) is 0 Å². The van der Waals surface area contributed by atoms with Crippen molar-refractivity contribution in [3.8, 4) is 16.9 Å². The predicted octanol–water partition coefficient (Wildman–Crippen LogP) is 2.73. The molecule has 2 rings (SSSR count). The zero-order valence-electron chi connectivity index (χ0n) is 10.8. The molecule has 0 fully saturated rings. The van der Waals surface area contributed by atoms with Gasteiger partial charge in [-0.15, -0.1) is 0 Å². The summed E-state index contributed by atoms with van der Waals surface area (Å²) in [6, 6.07) is 12.5. The van der Waals surface area contributed by atoms with Crippen molar-refractivity contribution >= 4 is 11.7 Å². The smallest absolute Gasteiger partial charge is 0.338 e. The van der Waals surface area contributed by atoms with Crippen LogP contribution < -0.4 is 10.5 Å². The van der Waals surface area contributed by atoms with Crippen LogP contribution >= 0.6 is 0 Å². The van der Waals surface area contributed by atoms with E-state index in [-0.39, 0.29) is 0 Å². The van der Waals surface area contributed by atoms with Crippen LogP contribution in [-0.2, 0) is 4.74 Å². The average molecular weight is 257 g/mol. The molecule has 0 bridgehead atoms. The summed E-state index contributed by atoms with van der Waals surface area (Å²) in [6.07, 6.45) is 0. The molecule has 0 radical (unpaired) electrons. The minimum atomic E-state index is -0.402. The maximum Gasteiger partial charge on any atom is 0.338 e. The highest BCUT2D eigenvalue weighted by Gasteiger charge is 2.16. The summed E-state index contributed by atoms with van der Waals surface area (Å²) in [5.74, 6) is 0.277. The van der Waals surface area contributed by atoms with E-state index < -0.39 is 5.97 Å². The van der Waals surface area contributed by atoms with Crippen molar-refractivity contribution < 1.29 is 14.3 Å². The van der Waals surface area contributed by atoms with E-state index >= 15 is 0 Å². The minimum absolute atomic E-state index is 0.402. The van der Waals surface area contributed by atoms with Crippen LogP contribution in [0.2, 0.25) is 0 Å². The second-order valence-corrected chi connectivity index (χ2v) is 4.00. The van der Waals surface area contributed by atoms with E-state index in [4.69, 9.17) is 15.2 Å². The van der Waals surface area contributed by atoms with Crippen molar-refractivity contribution in [1.29, 1.82) is 0 Å². The monoisotopic (exact) mass is 257 g/mol. The Hall–Kier alpha value is -2.49. The molecule has 0 aliphatic heterocycles. The standard InChI is InChI=1S/C15H15NO3/c1-18-14-6-4-3-5-11(14)13-9-10(16)7-8-12(13)15(17)19-2/h3-9H,16H2,1-2H3. The van der Waals surface area contributed by atoms with Gasteiger partial charge in [0.25, 0.3) is 0 Å². The third kappa shape index (κ3) is 2.52. The molecule has 2 aromatic rings. The van der Waals surface area contributed by atoms with Crippen molar-refractivity contribution in [2.75, 3.05) is 20.0 Å². The maximum absolute atomic E-state index is 11.8. The van der Waals surface area contributed by atoms with Crippen LogP contribution in [0.15, 0.2) is 42.5 Å². The molecule has 0 saturated carbocycles. The Bertz CT molecular complexity index is 608. The second-order valence-electron chi connectivity index (χ2n) is 4.00. The van der Waals surface area contributed by atoms with Gasteiger partial charge >= 0.3 is 5.97 Å². The highest BCUT2D eigenvalue weighted by molar-refractivity contribution is 5.98. The summed E-state index contributed by atoms with van der Waals surface area (Å²) in [5.41, 5.74) is 8.34. The number of carbonyl (C=O) groups excluding carboxylic acids is 1. The van der Waals surface area contributed by atoms with Crippen LogP contribution in [-0.4, -0.2) is 20.2 Å². The summed E-state index contributed by atoms with van der Waals surface area (Å²) in [6.45, 7) is 0. The molecule has 0 amide bonds. The SMILES string of the molecule is COC(=O)c1ccc(N)cc1-c1ccccc1OC. The molecule has 0 aliphatic carbocycles. The Morgan fingerprint density at radius 3 is 2.47 bits per heavy atom. The van der Waals surface area contributed by atoms with Gasteiger partial charge in [-0.2, -0.15) is 0 Å². The van der Waals surface area contributed by atoms with Gasteiger partial charge in [0.1, 0.15) is 5.75 Å². The van der Waals surface area contributed by atoms with E-state index in [0.717, 1.165) is 5.56 Å². The quantitative estimate of drug-likeness (QED) is 0.678. The molecule has 0 heterocycles. The van der Waals surface area contributed by atoms with Crippen molar-refractivity contribution in [2.24, 2.45) is 0 Å². The number of methoxy groups -OCH3 is 2. The lowest BCUT2D eigenvalue weighted by molar-refractivity contribution is 0.0601. The van der Waals surface area contributed by atoms with Crippen LogP contribution in [0.25, 0.3) is 11.1 Å². The van der Waals surface area contributed by atoms with E-state index in [9.17, 15) is 4.79 Å². The molecule has 0 aliphatic rings. The number of nitrogens with two attached hydrogens (primary N) is 1. The first-order chi connectivity index (χ1) is 9.17. The molecular formula is C15H15NO3. The number of benzene rings is 2. The fourth-order valence-corrected chi connectivity index (χ4v) is 1.94. The van der Waals surface area contributed by atoms with Gasteiger partial charge in [0.15, 0.2) is 0 Å². The van der Waals surface area contributed by atoms with Crippen LogP contribution in [0.5, 0.6) is 5.75 Å². The Morgan fingerprint density at radius 1 is 1.05 bits per heavy atom. The number of ether oxygens (including phenoxy) is 2. The van der Waals surface area contributed by atoms with Gasteiger partial charge in [-0.05, 0) is 24.3 Å². The Kier molecular flexibility index (Phi) is 3.71. The van der Waals surface area contributed by atoms with Crippen LogP contribution in [0.4, 0.5) is 5.69 Å². The number of hydrogen-bond acceptors (Lipinski definition) is 4. The summed E-state index contributed by atoms with van der Waals surface area (Å²) in [5, 5.41) is 0. The van der Waals surface area contributed by atoms with Gasteiger partial charge in [-0.3, -0.25) is 0 Å². The van der Waals surface area contributed by atoms with Gasteiger partial charge < -0.3 is 15.2 Å². The Labute approximate surface area is 111 Å². The fraction of sp³-hybridized carbons (Fsp3) is 0.133. The van der Waals surface area contributed by atoms with Crippen molar-refractivity contribution in [1.82, 2.24) is 0 Å². The fourth-order valence-electron chi connectivity index (χ4n) is 1.94. The minimum Gasteiger partial charge on any atom is -0.496 e. The molecule has 0 saturated heterocycles. The predicted molar refractivity (Wildman–Crippen MR) is 74.2 cm³/mol. The van der Waals surface area contributed by atoms with E-state index in [1.807, 2.05) is 24.3 Å². The summed E-state index contributed by atoms with van der Waals surface area (Å²) in [7, 11) is 2.94. The number of rotatable bonds is 3. The van der Waals surface area contributed by atoms with Gasteiger partial charge in [0.2, 0.25) is 0 Å². The zero-order valence-corrected chi connectivity index (χ0v) is 10.8. The molecule has 2 aromatic carbocycles. The maximum atomic E-state index is 11.8.